The zero-order valence-electron chi connectivity index (χ0n) is 10.6. The smallest absolute Gasteiger partial charge is 0.337 e. The van der Waals surface area contributed by atoms with E-state index in [4.69, 9.17) is 0 Å². The molecule has 0 radical (unpaired) electrons. The lowest BCUT2D eigenvalue weighted by Gasteiger charge is -2.13. The third kappa shape index (κ3) is 3.80. The summed E-state index contributed by atoms with van der Waals surface area (Å²) in [4.78, 5) is 23.3. The van der Waals surface area contributed by atoms with Crippen molar-refractivity contribution >= 4 is 49.4 Å². The first-order valence-electron chi connectivity index (χ1n) is 6.20. The summed E-state index contributed by atoms with van der Waals surface area (Å²) in [5.41, 5.74) is 0.362. The van der Waals surface area contributed by atoms with Gasteiger partial charge in [0.1, 0.15) is 0 Å². The van der Waals surface area contributed by atoms with Crippen molar-refractivity contribution in [3.8, 4) is 0 Å². The highest BCUT2D eigenvalue weighted by molar-refractivity contribution is 9.11. The summed E-state index contributed by atoms with van der Waals surface area (Å²) in [5, 5.41) is 15.1. The summed E-state index contributed by atoms with van der Waals surface area (Å²) >= 11 is 6.53. The molecule has 1 amide bonds. The Morgan fingerprint density at radius 3 is 2.75 bits per heavy atom. The number of hydrogen-bond acceptors (Lipinski definition) is 3. The molecule has 0 spiro atoms. The Morgan fingerprint density at radius 2 is 2.15 bits per heavy atom. The molecule has 0 aliphatic carbocycles. The molecule has 1 aliphatic heterocycles. The van der Waals surface area contributed by atoms with E-state index < -0.39 is 5.97 Å². The van der Waals surface area contributed by atoms with Crippen LogP contribution in [0.5, 0.6) is 0 Å². The van der Waals surface area contributed by atoms with Crippen molar-refractivity contribution < 1.29 is 14.7 Å². The van der Waals surface area contributed by atoms with Crippen LogP contribution in [0, 0.1) is 5.92 Å². The lowest BCUT2D eigenvalue weighted by atomic mass is 10.0. The molecule has 1 atom stereocenters. The monoisotopic (exact) mass is 404 g/mol. The van der Waals surface area contributed by atoms with Crippen molar-refractivity contribution in [3.63, 3.8) is 0 Å². The van der Waals surface area contributed by atoms with Gasteiger partial charge in [0.15, 0.2) is 0 Å². The molecule has 7 heteroatoms. The molecule has 108 valence electrons. The zero-order valence-corrected chi connectivity index (χ0v) is 13.8. The van der Waals surface area contributed by atoms with Crippen molar-refractivity contribution in [1.29, 1.82) is 0 Å². The van der Waals surface area contributed by atoms with Crippen molar-refractivity contribution in [3.05, 3.63) is 26.6 Å². The zero-order chi connectivity index (χ0) is 14.7. The Hall–Kier alpha value is -0.920. The van der Waals surface area contributed by atoms with Crippen LogP contribution in [0.4, 0.5) is 5.69 Å². The van der Waals surface area contributed by atoms with E-state index in [0.29, 0.717) is 27.0 Å². The number of benzene rings is 1. The molecule has 1 heterocycles. The summed E-state index contributed by atoms with van der Waals surface area (Å²) in [7, 11) is 0. The van der Waals surface area contributed by atoms with Gasteiger partial charge in [-0.1, -0.05) is 15.9 Å². The molecule has 2 rings (SSSR count). The van der Waals surface area contributed by atoms with E-state index in [2.05, 4.69) is 42.5 Å². The Labute approximate surface area is 133 Å². The first-order chi connectivity index (χ1) is 9.47. The van der Waals surface area contributed by atoms with E-state index >= 15 is 0 Å². The second-order valence-electron chi connectivity index (χ2n) is 4.73. The fraction of sp³-hybridized carbons (Fsp3) is 0.385. The number of hydrogen-bond donors (Lipinski definition) is 3. The van der Waals surface area contributed by atoms with Crippen LogP contribution in [-0.4, -0.2) is 30.1 Å². The van der Waals surface area contributed by atoms with Crippen LogP contribution in [0.25, 0.3) is 0 Å². The second-order valence-corrected chi connectivity index (χ2v) is 6.50. The molecule has 20 heavy (non-hydrogen) atoms. The third-order valence-corrected chi connectivity index (χ3v) is 4.27. The summed E-state index contributed by atoms with van der Waals surface area (Å²) in [6, 6.07) is 3.18. The number of aromatic carboxylic acids is 1. The average molecular weight is 406 g/mol. The Bertz CT molecular complexity index is 543. The number of carboxylic acids is 1. The van der Waals surface area contributed by atoms with E-state index in [9.17, 15) is 14.7 Å². The maximum absolute atomic E-state index is 12.0. The number of carbonyl (C=O) groups is 2. The van der Waals surface area contributed by atoms with E-state index in [-0.39, 0.29) is 11.5 Å². The molecular weight excluding hydrogens is 392 g/mol. The number of carboxylic acid groups (broad SMARTS) is 1. The van der Waals surface area contributed by atoms with E-state index in [0.717, 1.165) is 19.5 Å². The Morgan fingerprint density at radius 1 is 1.40 bits per heavy atom. The molecule has 1 unspecified atom stereocenters. The fourth-order valence-electron chi connectivity index (χ4n) is 2.21. The average Bonchev–Trinajstić information content (AvgIpc) is 2.84. The maximum Gasteiger partial charge on any atom is 0.337 e. The number of rotatable bonds is 4. The minimum absolute atomic E-state index is 0.0594. The molecule has 0 saturated carbocycles. The first kappa shape index (κ1) is 15.5. The third-order valence-electron chi connectivity index (χ3n) is 3.19. The quantitative estimate of drug-likeness (QED) is 0.719. The van der Waals surface area contributed by atoms with Crippen molar-refractivity contribution in [2.75, 3.05) is 18.4 Å². The molecule has 5 nitrogen and oxygen atoms in total. The predicted molar refractivity (Wildman–Crippen MR) is 83.0 cm³/mol. The van der Waals surface area contributed by atoms with E-state index in [1.165, 1.54) is 6.07 Å². The van der Waals surface area contributed by atoms with Gasteiger partial charge in [0, 0.05) is 15.4 Å². The summed E-state index contributed by atoms with van der Waals surface area (Å²) in [5.74, 6) is -0.924. The molecule has 1 saturated heterocycles. The minimum atomic E-state index is -1.08. The first-order valence-corrected chi connectivity index (χ1v) is 7.79. The maximum atomic E-state index is 12.0. The minimum Gasteiger partial charge on any atom is -0.478 e. The SMILES string of the molecule is O=C(CC1CCNC1)Nc1c(Br)cc(Br)cc1C(=O)O. The molecule has 3 N–H and O–H groups in total. The van der Waals surface area contributed by atoms with Gasteiger partial charge >= 0.3 is 5.97 Å². The van der Waals surface area contributed by atoms with Crippen LogP contribution in [0.1, 0.15) is 23.2 Å². The van der Waals surface area contributed by atoms with Crippen molar-refractivity contribution in [1.82, 2.24) is 5.32 Å². The highest BCUT2D eigenvalue weighted by Gasteiger charge is 2.21. The lowest BCUT2D eigenvalue weighted by molar-refractivity contribution is -0.116. The van der Waals surface area contributed by atoms with Gasteiger partial charge in [-0.25, -0.2) is 4.79 Å². The molecule has 1 aliphatic rings. The number of halogens is 2. The van der Waals surface area contributed by atoms with Gasteiger partial charge in [-0.2, -0.15) is 0 Å². The van der Waals surface area contributed by atoms with Crippen molar-refractivity contribution in [2.24, 2.45) is 5.92 Å². The molecule has 1 aromatic carbocycles. The van der Waals surface area contributed by atoms with Gasteiger partial charge in [0.05, 0.1) is 11.3 Å². The summed E-state index contributed by atoms with van der Waals surface area (Å²) < 4.78 is 1.18. The van der Waals surface area contributed by atoms with Gasteiger partial charge < -0.3 is 15.7 Å². The highest BCUT2D eigenvalue weighted by Crippen LogP contribution is 2.31. The largest absolute Gasteiger partial charge is 0.478 e. The van der Waals surface area contributed by atoms with Crippen LogP contribution < -0.4 is 10.6 Å². The van der Waals surface area contributed by atoms with Crippen LogP contribution in [0.3, 0.4) is 0 Å². The molecule has 0 aromatic heterocycles. The summed E-state index contributed by atoms with van der Waals surface area (Å²) in [6.45, 7) is 1.76. The van der Waals surface area contributed by atoms with E-state index in [1.807, 2.05) is 0 Å². The molecule has 0 bridgehead atoms. The number of anilines is 1. The standard InChI is InChI=1S/C13H14Br2N2O3/c14-8-4-9(13(19)20)12(10(15)5-8)17-11(18)3-7-1-2-16-6-7/h4-5,7,16H,1-3,6H2,(H,17,18)(H,19,20). The van der Waals surface area contributed by atoms with Crippen LogP contribution in [-0.2, 0) is 4.79 Å². The fourth-order valence-corrected chi connectivity index (χ4v) is 3.53. The molecule has 1 aromatic rings. The van der Waals surface area contributed by atoms with Gasteiger partial charge in [-0.3, -0.25) is 4.79 Å². The molecule has 1 fully saturated rings. The van der Waals surface area contributed by atoms with Crippen LogP contribution in [0.2, 0.25) is 0 Å². The number of nitrogens with one attached hydrogen (secondary N) is 2. The highest BCUT2D eigenvalue weighted by atomic mass is 79.9. The van der Waals surface area contributed by atoms with Crippen molar-refractivity contribution in [2.45, 2.75) is 12.8 Å². The number of carbonyl (C=O) groups excluding carboxylic acids is 1. The topological polar surface area (TPSA) is 78.4 Å². The Balaban J connectivity index is 2.15. The predicted octanol–water partition coefficient (Wildman–Crippen LogP) is 2.85. The van der Waals surface area contributed by atoms with Gasteiger partial charge in [0.25, 0.3) is 0 Å². The lowest BCUT2D eigenvalue weighted by Crippen LogP contribution is -2.20. The van der Waals surface area contributed by atoms with Gasteiger partial charge in [-0.15, -0.1) is 0 Å². The van der Waals surface area contributed by atoms with Gasteiger partial charge in [-0.05, 0) is 53.5 Å². The van der Waals surface area contributed by atoms with Crippen LogP contribution >= 0.6 is 31.9 Å². The molecular formula is C13H14Br2N2O3. The Kier molecular flexibility index (Phi) is 5.17. The summed E-state index contributed by atoms with van der Waals surface area (Å²) in [6.07, 6.45) is 1.37. The van der Waals surface area contributed by atoms with E-state index in [1.54, 1.807) is 6.07 Å². The normalized spacial score (nSPS) is 18.0. The second kappa shape index (κ2) is 6.69. The number of amides is 1. The van der Waals surface area contributed by atoms with Crippen LogP contribution in [0.15, 0.2) is 21.1 Å². The van der Waals surface area contributed by atoms with Gasteiger partial charge in [0.2, 0.25) is 5.91 Å².